The van der Waals surface area contributed by atoms with Gasteiger partial charge in [-0.05, 0) is 36.4 Å². The summed E-state index contributed by atoms with van der Waals surface area (Å²) in [7, 11) is 1.73. The highest BCUT2D eigenvalue weighted by Gasteiger charge is 2.03. The van der Waals surface area contributed by atoms with Gasteiger partial charge in [-0.15, -0.1) is 0 Å². The fourth-order valence-corrected chi connectivity index (χ4v) is 2.11. The fraction of sp³-hybridized carbons (Fsp3) is 0.429. The molecule has 0 saturated heterocycles. The highest BCUT2D eigenvalue weighted by molar-refractivity contribution is 5.80. The van der Waals surface area contributed by atoms with Gasteiger partial charge in [0.1, 0.15) is 0 Å². The number of ether oxygens (including phenoxy) is 1. The average molecular weight is 232 g/mol. The van der Waals surface area contributed by atoms with Crippen LogP contribution in [0.5, 0.6) is 0 Å². The summed E-state index contributed by atoms with van der Waals surface area (Å²) >= 11 is 0. The molecular formula is C14H20N2O. The van der Waals surface area contributed by atoms with E-state index in [1.54, 1.807) is 7.11 Å². The third kappa shape index (κ3) is 2.87. The summed E-state index contributed by atoms with van der Waals surface area (Å²) in [5, 5.41) is 1.27. The second-order valence-electron chi connectivity index (χ2n) is 4.58. The molecule has 1 heterocycles. The number of nitrogens with two attached hydrogens (primary N) is 1. The number of hydrogen-bond acceptors (Lipinski definition) is 2. The van der Waals surface area contributed by atoms with Gasteiger partial charge in [-0.25, -0.2) is 0 Å². The maximum absolute atomic E-state index is 5.84. The van der Waals surface area contributed by atoms with Crippen LogP contribution in [-0.2, 0) is 17.7 Å². The van der Waals surface area contributed by atoms with Crippen LogP contribution in [0.1, 0.15) is 12.5 Å². The molecule has 1 unspecified atom stereocenters. The molecule has 2 rings (SSSR count). The number of nitrogens with zero attached hydrogens (tertiary/aromatic N) is 1. The number of methoxy groups -OCH3 is 1. The number of rotatable bonds is 5. The van der Waals surface area contributed by atoms with Crippen LogP contribution in [0.2, 0.25) is 0 Å². The van der Waals surface area contributed by atoms with Crippen molar-refractivity contribution in [3.63, 3.8) is 0 Å². The van der Waals surface area contributed by atoms with Crippen molar-refractivity contribution in [3.8, 4) is 0 Å². The van der Waals surface area contributed by atoms with Gasteiger partial charge in [-0.3, -0.25) is 0 Å². The molecule has 3 heteroatoms. The van der Waals surface area contributed by atoms with E-state index >= 15 is 0 Å². The molecule has 0 saturated carbocycles. The largest absolute Gasteiger partial charge is 0.383 e. The Morgan fingerprint density at radius 3 is 2.88 bits per heavy atom. The highest BCUT2D eigenvalue weighted by atomic mass is 16.5. The Balaban J connectivity index is 2.29. The van der Waals surface area contributed by atoms with E-state index in [4.69, 9.17) is 10.5 Å². The molecule has 0 fully saturated rings. The topological polar surface area (TPSA) is 40.2 Å². The van der Waals surface area contributed by atoms with Crippen molar-refractivity contribution in [2.75, 3.05) is 13.7 Å². The van der Waals surface area contributed by atoms with Crippen LogP contribution in [0, 0.1) is 0 Å². The molecule has 0 aliphatic rings. The van der Waals surface area contributed by atoms with Gasteiger partial charge < -0.3 is 15.0 Å². The van der Waals surface area contributed by atoms with E-state index in [0.29, 0.717) is 0 Å². The normalized spacial score (nSPS) is 13.1. The smallest absolute Gasteiger partial charge is 0.0641 e. The van der Waals surface area contributed by atoms with Crippen LogP contribution in [0.15, 0.2) is 30.5 Å². The number of hydrogen-bond donors (Lipinski definition) is 1. The standard InChI is InChI=1S/C14H20N2O/c1-11(15)9-12-3-4-13-5-6-16(7-8-17-2)14(13)10-12/h3-6,10-11H,7-9,15H2,1-2H3. The van der Waals surface area contributed by atoms with Crippen molar-refractivity contribution in [2.24, 2.45) is 5.73 Å². The minimum Gasteiger partial charge on any atom is -0.383 e. The summed E-state index contributed by atoms with van der Waals surface area (Å²) in [5.74, 6) is 0. The number of benzene rings is 1. The third-order valence-corrected chi connectivity index (χ3v) is 2.93. The van der Waals surface area contributed by atoms with Crippen molar-refractivity contribution in [2.45, 2.75) is 25.9 Å². The van der Waals surface area contributed by atoms with Crippen molar-refractivity contribution < 1.29 is 4.74 Å². The minimum atomic E-state index is 0.204. The zero-order chi connectivity index (χ0) is 12.3. The Labute approximate surface area is 102 Å². The first-order valence-electron chi connectivity index (χ1n) is 6.03. The Kier molecular flexibility index (Phi) is 3.82. The molecule has 3 nitrogen and oxygen atoms in total. The molecule has 2 aromatic rings. The van der Waals surface area contributed by atoms with E-state index < -0.39 is 0 Å². The summed E-state index contributed by atoms with van der Waals surface area (Å²) in [6.07, 6.45) is 3.03. The van der Waals surface area contributed by atoms with Crippen molar-refractivity contribution >= 4 is 10.9 Å². The highest BCUT2D eigenvalue weighted by Crippen LogP contribution is 2.18. The Bertz CT molecular complexity index is 488. The lowest BCUT2D eigenvalue weighted by Crippen LogP contribution is -2.17. The Morgan fingerprint density at radius 1 is 1.35 bits per heavy atom. The molecule has 0 amide bonds. The van der Waals surface area contributed by atoms with E-state index in [1.165, 1.54) is 16.5 Å². The van der Waals surface area contributed by atoms with Crippen molar-refractivity contribution in [1.82, 2.24) is 4.57 Å². The molecule has 0 aliphatic heterocycles. The lowest BCUT2D eigenvalue weighted by Gasteiger charge is -2.08. The first-order chi connectivity index (χ1) is 8.20. The molecule has 0 spiro atoms. The van der Waals surface area contributed by atoms with Gasteiger partial charge in [0.25, 0.3) is 0 Å². The second-order valence-corrected chi connectivity index (χ2v) is 4.58. The molecular weight excluding hydrogens is 212 g/mol. The Morgan fingerprint density at radius 2 is 2.18 bits per heavy atom. The summed E-state index contributed by atoms with van der Waals surface area (Å²) in [4.78, 5) is 0. The number of aromatic nitrogens is 1. The van der Waals surface area contributed by atoms with Gasteiger partial charge in [0, 0.05) is 31.4 Å². The van der Waals surface area contributed by atoms with Crippen LogP contribution < -0.4 is 5.73 Å². The van der Waals surface area contributed by atoms with Gasteiger partial charge in [-0.2, -0.15) is 0 Å². The molecule has 92 valence electrons. The second kappa shape index (κ2) is 5.34. The molecule has 1 aromatic heterocycles. The Hall–Kier alpha value is -1.32. The molecule has 0 bridgehead atoms. The van der Waals surface area contributed by atoms with E-state index in [9.17, 15) is 0 Å². The summed E-state index contributed by atoms with van der Waals surface area (Å²) in [6.45, 7) is 3.66. The predicted molar refractivity (Wildman–Crippen MR) is 71.2 cm³/mol. The third-order valence-electron chi connectivity index (χ3n) is 2.93. The summed E-state index contributed by atoms with van der Waals surface area (Å²) < 4.78 is 7.34. The molecule has 0 radical (unpaired) electrons. The van der Waals surface area contributed by atoms with Crippen molar-refractivity contribution in [3.05, 3.63) is 36.0 Å². The van der Waals surface area contributed by atoms with E-state index in [-0.39, 0.29) is 6.04 Å². The first-order valence-corrected chi connectivity index (χ1v) is 6.03. The lowest BCUT2D eigenvalue weighted by molar-refractivity contribution is 0.188. The van der Waals surface area contributed by atoms with Crippen molar-refractivity contribution in [1.29, 1.82) is 0 Å². The lowest BCUT2D eigenvalue weighted by atomic mass is 10.1. The molecule has 1 atom stereocenters. The summed E-state index contributed by atoms with van der Waals surface area (Å²) in [6, 6.07) is 8.90. The zero-order valence-corrected chi connectivity index (χ0v) is 10.5. The number of fused-ring (bicyclic) bond motifs is 1. The van der Waals surface area contributed by atoms with E-state index in [2.05, 4.69) is 35.0 Å². The fourth-order valence-electron chi connectivity index (χ4n) is 2.11. The van der Waals surface area contributed by atoms with Gasteiger partial charge in [0.15, 0.2) is 0 Å². The van der Waals surface area contributed by atoms with Gasteiger partial charge in [-0.1, -0.05) is 12.1 Å². The van der Waals surface area contributed by atoms with Gasteiger partial charge >= 0.3 is 0 Å². The van der Waals surface area contributed by atoms with Gasteiger partial charge in [0.05, 0.1) is 6.61 Å². The summed E-state index contributed by atoms with van der Waals surface area (Å²) in [5.41, 5.74) is 8.40. The quantitative estimate of drug-likeness (QED) is 0.858. The molecule has 17 heavy (non-hydrogen) atoms. The van der Waals surface area contributed by atoms with E-state index in [0.717, 1.165) is 19.6 Å². The maximum atomic E-state index is 5.84. The molecule has 2 N–H and O–H groups in total. The average Bonchev–Trinajstić information content (AvgIpc) is 2.68. The monoisotopic (exact) mass is 232 g/mol. The zero-order valence-electron chi connectivity index (χ0n) is 10.5. The van der Waals surface area contributed by atoms with E-state index in [1.807, 2.05) is 6.92 Å². The van der Waals surface area contributed by atoms with Crippen LogP contribution in [0.3, 0.4) is 0 Å². The van der Waals surface area contributed by atoms with Crippen LogP contribution in [-0.4, -0.2) is 24.3 Å². The maximum Gasteiger partial charge on any atom is 0.0641 e. The van der Waals surface area contributed by atoms with Crippen LogP contribution >= 0.6 is 0 Å². The molecule has 0 aliphatic carbocycles. The SMILES string of the molecule is COCCn1ccc2ccc(CC(C)N)cc21. The van der Waals surface area contributed by atoms with Crippen LogP contribution in [0.4, 0.5) is 0 Å². The van der Waals surface area contributed by atoms with Crippen LogP contribution in [0.25, 0.3) is 10.9 Å². The predicted octanol–water partition coefficient (Wildman–Crippen LogP) is 2.18. The first kappa shape index (κ1) is 12.1. The van der Waals surface area contributed by atoms with Gasteiger partial charge in [0.2, 0.25) is 0 Å². The minimum absolute atomic E-state index is 0.204. The molecule has 1 aromatic carbocycles.